The zero-order chi connectivity index (χ0) is 27.8. The van der Waals surface area contributed by atoms with Gasteiger partial charge in [-0.2, -0.15) is 0 Å². The first kappa shape index (κ1) is 26.6. The summed E-state index contributed by atoms with van der Waals surface area (Å²) in [6.45, 7) is 3.32. The second-order valence-electron chi connectivity index (χ2n) is 10.4. The third-order valence-corrected chi connectivity index (χ3v) is 8.84. The normalized spacial score (nSPS) is 18.6. The molecule has 0 radical (unpaired) electrons. The fraction of sp³-hybridized carbons (Fsp3) is 0.429. The quantitative estimate of drug-likeness (QED) is 0.300. The Morgan fingerprint density at radius 2 is 1.98 bits per heavy atom. The van der Waals surface area contributed by atoms with Gasteiger partial charge in [0.15, 0.2) is 4.96 Å². The summed E-state index contributed by atoms with van der Waals surface area (Å²) >= 11 is 1.39. The highest BCUT2D eigenvalue weighted by atomic mass is 32.1. The van der Waals surface area contributed by atoms with Crippen LogP contribution in [-0.2, 0) is 0 Å². The van der Waals surface area contributed by atoms with Gasteiger partial charge in [0.1, 0.15) is 17.7 Å². The van der Waals surface area contributed by atoms with Gasteiger partial charge in [-0.15, -0.1) is 0 Å². The van der Waals surface area contributed by atoms with Crippen molar-refractivity contribution >= 4 is 38.5 Å². The summed E-state index contributed by atoms with van der Waals surface area (Å²) in [5, 5.41) is 12.3. The summed E-state index contributed by atoms with van der Waals surface area (Å²) in [5.74, 6) is -0.698. The van der Waals surface area contributed by atoms with Gasteiger partial charge in [0.05, 0.1) is 28.1 Å². The van der Waals surface area contributed by atoms with Crippen LogP contribution in [0.15, 0.2) is 36.7 Å². The number of nitrogens with one attached hydrogen (secondary N) is 1. The summed E-state index contributed by atoms with van der Waals surface area (Å²) < 4.78 is 31.1. The standard InChI is InChI=1S/C28H30F2N6O3S/c29-18-6-11-34(12-7-18)9-2-8-31-26(37)21-14-25-24(15-32-21)36-16-22(33-27(36)40-25)19-5-4-17(13-20(19)30)23-3-1-10-35(23)28(38)39/h4-5,13-16,18,23H,1-3,6-12H2,(H,31,37)(H,38,39)/t23-/m1/s1. The number of halogens is 2. The first-order chi connectivity index (χ1) is 19.4. The number of carboxylic acid groups (broad SMARTS) is 1. The number of imidazole rings is 1. The number of benzene rings is 1. The van der Waals surface area contributed by atoms with E-state index >= 15 is 4.39 Å². The van der Waals surface area contributed by atoms with E-state index in [4.69, 9.17) is 0 Å². The molecular formula is C28H30F2N6O3S. The fourth-order valence-electron chi connectivity index (χ4n) is 5.66. The van der Waals surface area contributed by atoms with E-state index in [1.165, 1.54) is 22.3 Å². The molecule has 0 spiro atoms. The highest BCUT2D eigenvalue weighted by Gasteiger charge is 2.30. The van der Waals surface area contributed by atoms with Gasteiger partial charge < -0.3 is 20.2 Å². The van der Waals surface area contributed by atoms with Crippen LogP contribution in [0.2, 0.25) is 0 Å². The molecule has 12 heteroatoms. The van der Waals surface area contributed by atoms with Crippen LogP contribution in [0.25, 0.3) is 26.4 Å². The molecule has 0 saturated carbocycles. The number of pyridine rings is 1. The number of amides is 2. The van der Waals surface area contributed by atoms with E-state index in [0.29, 0.717) is 59.8 Å². The minimum atomic E-state index is -0.992. The van der Waals surface area contributed by atoms with Crippen molar-refractivity contribution in [1.29, 1.82) is 0 Å². The minimum absolute atomic E-state index is 0.248. The second-order valence-corrected chi connectivity index (χ2v) is 11.4. The lowest BCUT2D eigenvalue weighted by Crippen LogP contribution is -2.36. The van der Waals surface area contributed by atoms with Crippen molar-refractivity contribution in [3.8, 4) is 11.3 Å². The van der Waals surface area contributed by atoms with E-state index in [9.17, 15) is 19.1 Å². The molecule has 2 fully saturated rings. The van der Waals surface area contributed by atoms with E-state index < -0.39 is 18.1 Å². The molecule has 9 nitrogen and oxygen atoms in total. The number of hydrogen-bond donors (Lipinski definition) is 2. The van der Waals surface area contributed by atoms with Crippen LogP contribution in [-0.4, -0.2) is 80.2 Å². The van der Waals surface area contributed by atoms with Crippen molar-refractivity contribution in [3.05, 3.63) is 53.7 Å². The van der Waals surface area contributed by atoms with Crippen molar-refractivity contribution in [3.63, 3.8) is 0 Å². The molecule has 0 unspecified atom stereocenters. The molecule has 4 aromatic rings. The number of likely N-dealkylation sites (tertiary alicyclic amines) is 2. The van der Waals surface area contributed by atoms with Crippen molar-refractivity contribution < 1.29 is 23.5 Å². The predicted octanol–water partition coefficient (Wildman–Crippen LogP) is 5.12. The Hall–Kier alpha value is -3.64. The molecule has 1 atom stereocenters. The highest BCUT2D eigenvalue weighted by molar-refractivity contribution is 7.23. The minimum Gasteiger partial charge on any atom is -0.465 e. The number of fused-ring (bicyclic) bond motifs is 3. The van der Waals surface area contributed by atoms with Gasteiger partial charge in [0.25, 0.3) is 5.91 Å². The molecular weight excluding hydrogens is 538 g/mol. The summed E-state index contributed by atoms with van der Waals surface area (Å²) in [6.07, 6.45) is 5.07. The van der Waals surface area contributed by atoms with E-state index in [2.05, 4.69) is 20.2 Å². The van der Waals surface area contributed by atoms with Gasteiger partial charge in [0.2, 0.25) is 0 Å². The molecule has 2 N–H and O–H groups in total. The zero-order valence-corrected chi connectivity index (χ0v) is 22.7. The molecule has 210 valence electrons. The van der Waals surface area contributed by atoms with Crippen molar-refractivity contribution in [2.45, 2.75) is 44.3 Å². The van der Waals surface area contributed by atoms with Gasteiger partial charge >= 0.3 is 6.09 Å². The molecule has 0 aliphatic carbocycles. The summed E-state index contributed by atoms with van der Waals surface area (Å²) in [4.78, 5) is 37.4. The monoisotopic (exact) mass is 568 g/mol. The molecule has 2 amide bonds. The number of carbonyl (C=O) groups excluding carboxylic acids is 1. The number of rotatable bonds is 7. The number of nitrogens with zero attached hydrogens (tertiary/aromatic N) is 5. The smallest absolute Gasteiger partial charge is 0.407 e. The predicted molar refractivity (Wildman–Crippen MR) is 148 cm³/mol. The van der Waals surface area contributed by atoms with Crippen LogP contribution in [0.5, 0.6) is 0 Å². The molecule has 3 aromatic heterocycles. The maximum absolute atomic E-state index is 15.2. The Morgan fingerprint density at radius 1 is 1.15 bits per heavy atom. The lowest BCUT2D eigenvalue weighted by atomic mass is 10.0. The first-order valence-corrected chi connectivity index (χ1v) is 14.4. The topological polar surface area (TPSA) is 103 Å². The lowest BCUT2D eigenvalue weighted by Gasteiger charge is -2.28. The number of aromatic nitrogens is 3. The maximum Gasteiger partial charge on any atom is 0.407 e. The van der Waals surface area contributed by atoms with Gasteiger partial charge in [-0.1, -0.05) is 17.4 Å². The third-order valence-electron chi connectivity index (χ3n) is 7.82. The Morgan fingerprint density at radius 3 is 2.75 bits per heavy atom. The largest absolute Gasteiger partial charge is 0.465 e. The Balaban J connectivity index is 1.13. The molecule has 6 rings (SSSR count). The lowest BCUT2D eigenvalue weighted by molar-refractivity contribution is 0.0945. The molecule has 0 bridgehead atoms. The van der Waals surface area contributed by atoms with Crippen LogP contribution in [0, 0.1) is 5.82 Å². The van der Waals surface area contributed by atoms with Gasteiger partial charge in [0, 0.05) is 37.9 Å². The summed E-state index contributed by atoms with van der Waals surface area (Å²) in [7, 11) is 0. The summed E-state index contributed by atoms with van der Waals surface area (Å²) in [5.41, 5.74) is 2.54. The molecule has 40 heavy (non-hydrogen) atoms. The van der Waals surface area contributed by atoms with Crippen molar-refractivity contribution in [2.75, 3.05) is 32.7 Å². The SMILES string of the molecule is O=C(NCCCN1CCC(F)CC1)c1cc2sc3nc(-c4ccc([C@H]5CCCN5C(=O)O)cc4F)cn3c2cn1. The van der Waals surface area contributed by atoms with Crippen LogP contribution >= 0.6 is 11.3 Å². The van der Waals surface area contributed by atoms with Crippen molar-refractivity contribution in [2.24, 2.45) is 0 Å². The number of carbonyl (C=O) groups is 2. The zero-order valence-electron chi connectivity index (χ0n) is 21.9. The van der Waals surface area contributed by atoms with Gasteiger partial charge in [-0.25, -0.2) is 23.5 Å². The average molecular weight is 569 g/mol. The molecule has 2 aliphatic heterocycles. The number of alkyl halides is 1. The Kier molecular flexibility index (Phi) is 7.37. The Labute approximate surface area is 233 Å². The summed E-state index contributed by atoms with van der Waals surface area (Å²) in [6, 6.07) is 6.23. The molecule has 2 saturated heterocycles. The van der Waals surface area contributed by atoms with Crippen LogP contribution in [0.1, 0.15) is 54.2 Å². The van der Waals surface area contributed by atoms with Crippen molar-refractivity contribution in [1.82, 2.24) is 29.5 Å². The number of piperidine rings is 1. The first-order valence-electron chi connectivity index (χ1n) is 13.6. The van der Waals surface area contributed by atoms with E-state index in [0.717, 1.165) is 42.7 Å². The van der Waals surface area contributed by atoms with Gasteiger partial charge in [-0.05, 0) is 62.4 Å². The second kappa shape index (κ2) is 11.1. The number of thiazole rings is 1. The fourth-order valence-corrected chi connectivity index (χ4v) is 6.68. The maximum atomic E-state index is 15.2. The molecule has 5 heterocycles. The molecule has 2 aliphatic rings. The van der Waals surface area contributed by atoms with Crippen LogP contribution in [0.4, 0.5) is 13.6 Å². The molecule has 1 aromatic carbocycles. The van der Waals surface area contributed by atoms with Gasteiger partial charge in [-0.3, -0.25) is 9.20 Å². The third kappa shape index (κ3) is 5.25. The van der Waals surface area contributed by atoms with E-state index in [1.807, 2.05) is 4.40 Å². The number of hydrogen-bond acceptors (Lipinski definition) is 6. The Bertz CT molecular complexity index is 1560. The van der Waals surface area contributed by atoms with E-state index in [1.54, 1.807) is 30.6 Å². The van der Waals surface area contributed by atoms with Crippen LogP contribution in [0.3, 0.4) is 0 Å². The average Bonchev–Trinajstić information content (AvgIpc) is 3.66. The van der Waals surface area contributed by atoms with E-state index in [-0.39, 0.29) is 11.9 Å². The highest BCUT2D eigenvalue weighted by Crippen LogP contribution is 2.35. The van der Waals surface area contributed by atoms with Crippen LogP contribution < -0.4 is 5.32 Å².